The molecule has 3 N–H and O–H groups in total. The summed E-state index contributed by atoms with van der Waals surface area (Å²) in [5.41, 5.74) is 4.08. The van der Waals surface area contributed by atoms with Crippen LogP contribution in [0.1, 0.15) is 30.0 Å². The number of aromatic amines is 1. The molecule has 0 radical (unpaired) electrons. The van der Waals surface area contributed by atoms with Crippen LogP contribution in [0.3, 0.4) is 0 Å². The van der Waals surface area contributed by atoms with Crippen molar-refractivity contribution in [1.29, 1.82) is 0 Å². The van der Waals surface area contributed by atoms with Crippen LogP contribution in [0.5, 0.6) is 0 Å². The second-order valence-electron chi connectivity index (χ2n) is 7.22. The maximum absolute atomic E-state index is 14.3. The number of benzene rings is 1. The van der Waals surface area contributed by atoms with Crippen molar-refractivity contribution in [1.82, 2.24) is 24.9 Å². The van der Waals surface area contributed by atoms with Crippen molar-refractivity contribution < 1.29 is 4.39 Å². The molecule has 0 atom stereocenters. The molecule has 138 valence electrons. The Kier molecular flexibility index (Phi) is 3.82. The van der Waals surface area contributed by atoms with E-state index < -0.39 is 0 Å². The lowest BCUT2D eigenvalue weighted by atomic mass is 9.90. The van der Waals surface area contributed by atoms with E-state index in [4.69, 9.17) is 0 Å². The topological polar surface area (TPSA) is 70.0 Å². The maximum Gasteiger partial charge on any atom is 0.173 e. The number of aryl methyl sites for hydroxylation is 1. The van der Waals surface area contributed by atoms with Gasteiger partial charge in [0.2, 0.25) is 0 Å². The molecule has 0 amide bonds. The predicted molar refractivity (Wildman–Crippen MR) is 104 cm³/mol. The first-order valence-corrected chi connectivity index (χ1v) is 9.28. The van der Waals surface area contributed by atoms with Crippen LogP contribution in [-0.2, 0) is 0 Å². The van der Waals surface area contributed by atoms with E-state index >= 15 is 0 Å². The molecule has 0 aliphatic carbocycles. The first-order valence-electron chi connectivity index (χ1n) is 9.28. The molecule has 1 aliphatic rings. The van der Waals surface area contributed by atoms with Crippen LogP contribution in [0.4, 0.5) is 15.9 Å². The van der Waals surface area contributed by atoms with Crippen molar-refractivity contribution in [3.05, 3.63) is 53.7 Å². The third-order valence-electron chi connectivity index (χ3n) is 5.29. The average molecular weight is 364 g/mol. The number of H-pyrrole nitrogens is 1. The quantitative estimate of drug-likeness (QED) is 0.516. The zero-order chi connectivity index (χ0) is 18.4. The number of hydrogen-bond donors (Lipinski definition) is 3. The van der Waals surface area contributed by atoms with Gasteiger partial charge in [-0.25, -0.2) is 9.37 Å². The fraction of sp³-hybridized carbons (Fsp3) is 0.300. The SMILES string of the molecule is Cc1cn2cc(Nc3n[nH]c4cc(C5CCNCC5)ccc34)cc(F)c2n1. The van der Waals surface area contributed by atoms with Gasteiger partial charge in [0.1, 0.15) is 0 Å². The van der Waals surface area contributed by atoms with E-state index in [1.54, 1.807) is 10.6 Å². The van der Waals surface area contributed by atoms with Crippen molar-refractivity contribution in [3.63, 3.8) is 0 Å². The Morgan fingerprint density at radius 1 is 1.19 bits per heavy atom. The molecule has 3 aromatic heterocycles. The van der Waals surface area contributed by atoms with Gasteiger partial charge in [-0.2, -0.15) is 5.10 Å². The van der Waals surface area contributed by atoms with Gasteiger partial charge in [0, 0.05) is 23.8 Å². The summed E-state index contributed by atoms with van der Waals surface area (Å²) < 4.78 is 16.0. The molecule has 0 spiro atoms. The molecule has 1 saturated heterocycles. The minimum absolute atomic E-state index is 0.330. The number of imidazole rings is 1. The van der Waals surface area contributed by atoms with Gasteiger partial charge in [-0.1, -0.05) is 6.07 Å². The molecular weight excluding hydrogens is 343 g/mol. The van der Waals surface area contributed by atoms with Crippen molar-refractivity contribution in [2.24, 2.45) is 0 Å². The highest BCUT2D eigenvalue weighted by Gasteiger charge is 2.17. The summed E-state index contributed by atoms with van der Waals surface area (Å²) in [6.07, 6.45) is 5.95. The number of rotatable bonds is 3. The number of halogens is 1. The van der Waals surface area contributed by atoms with E-state index in [0.717, 1.165) is 42.5 Å². The highest BCUT2D eigenvalue weighted by Crippen LogP contribution is 2.30. The molecule has 0 saturated carbocycles. The molecule has 5 rings (SSSR count). The van der Waals surface area contributed by atoms with Crippen LogP contribution in [0.25, 0.3) is 16.6 Å². The first-order chi connectivity index (χ1) is 13.2. The standard InChI is InChI=1S/C20H21FN6/c1-12-10-27-11-15(9-17(21)20(27)23-12)24-19-16-3-2-14(8-18(16)25-26-19)13-4-6-22-7-5-13/h2-3,8-11,13,22H,4-7H2,1H3,(H2,24,25,26). The zero-order valence-electron chi connectivity index (χ0n) is 15.1. The van der Waals surface area contributed by atoms with Crippen LogP contribution < -0.4 is 10.6 Å². The van der Waals surface area contributed by atoms with Crippen LogP contribution in [-0.4, -0.2) is 32.7 Å². The van der Waals surface area contributed by atoms with Crippen LogP contribution in [0.15, 0.2) is 36.7 Å². The average Bonchev–Trinajstić information content (AvgIpc) is 3.25. The summed E-state index contributed by atoms with van der Waals surface area (Å²) in [5, 5.41) is 15.1. The molecule has 0 unspecified atom stereocenters. The molecule has 4 heterocycles. The lowest BCUT2D eigenvalue weighted by Crippen LogP contribution is -2.26. The van der Waals surface area contributed by atoms with Gasteiger partial charge >= 0.3 is 0 Å². The van der Waals surface area contributed by atoms with Gasteiger partial charge in [-0.3, -0.25) is 5.10 Å². The summed E-state index contributed by atoms with van der Waals surface area (Å²) in [6, 6.07) is 7.91. The number of hydrogen-bond acceptors (Lipinski definition) is 4. The molecular formula is C20H21FN6. The van der Waals surface area contributed by atoms with E-state index in [1.807, 2.05) is 13.1 Å². The summed E-state index contributed by atoms with van der Waals surface area (Å²) in [6.45, 7) is 3.99. The first kappa shape index (κ1) is 16.3. The predicted octanol–water partition coefficient (Wildman–Crippen LogP) is 3.87. The minimum atomic E-state index is -0.360. The van der Waals surface area contributed by atoms with Crippen molar-refractivity contribution in [3.8, 4) is 0 Å². The monoisotopic (exact) mass is 364 g/mol. The largest absolute Gasteiger partial charge is 0.337 e. The van der Waals surface area contributed by atoms with E-state index in [2.05, 4.69) is 44.0 Å². The van der Waals surface area contributed by atoms with Crippen molar-refractivity contribution in [2.45, 2.75) is 25.7 Å². The molecule has 4 aromatic rings. The van der Waals surface area contributed by atoms with Gasteiger partial charge in [0.15, 0.2) is 17.3 Å². The second kappa shape index (κ2) is 6.35. The lowest BCUT2D eigenvalue weighted by molar-refractivity contribution is 0.460. The normalized spacial score (nSPS) is 15.6. The number of anilines is 2. The molecule has 1 aliphatic heterocycles. The maximum atomic E-state index is 14.3. The molecule has 1 aromatic carbocycles. The van der Waals surface area contributed by atoms with E-state index in [0.29, 0.717) is 23.1 Å². The second-order valence-corrected chi connectivity index (χ2v) is 7.22. The van der Waals surface area contributed by atoms with Crippen molar-refractivity contribution >= 4 is 28.1 Å². The molecule has 27 heavy (non-hydrogen) atoms. The van der Waals surface area contributed by atoms with Gasteiger partial charge in [-0.05, 0) is 56.5 Å². The summed E-state index contributed by atoms with van der Waals surface area (Å²) >= 11 is 0. The van der Waals surface area contributed by atoms with Crippen LogP contribution >= 0.6 is 0 Å². The van der Waals surface area contributed by atoms with Gasteiger partial charge in [0.05, 0.1) is 16.9 Å². The van der Waals surface area contributed by atoms with Crippen molar-refractivity contribution in [2.75, 3.05) is 18.4 Å². The summed E-state index contributed by atoms with van der Waals surface area (Å²) in [4.78, 5) is 4.19. The number of nitrogens with zero attached hydrogens (tertiary/aromatic N) is 3. The Labute approximate surface area is 155 Å². The fourth-order valence-corrected chi connectivity index (χ4v) is 3.93. The highest BCUT2D eigenvalue weighted by atomic mass is 19.1. The Morgan fingerprint density at radius 2 is 2.04 bits per heavy atom. The Morgan fingerprint density at radius 3 is 2.89 bits per heavy atom. The van der Waals surface area contributed by atoms with E-state index in [-0.39, 0.29) is 5.82 Å². The third kappa shape index (κ3) is 2.94. The van der Waals surface area contributed by atoms with Gasteiger partial charge < -0.3 is 15.0 Å². The Balaban J connectivity index is 1.46. The summed E-state index contributed by atoms with van der Waals surface area (Å²) in [7, 11) is 0. The number of aromatic nitrogens is 4. The Hall–Kier alpha value is -2.93. The lowest BCUT2D eigenvalue weighted by Gasteiger charge is -2.22. The summed E-state index contributed by atoms with van der Waals surface area (Å²) in [5.74, 6) is 0.926. The van der Waals surface area contributed by atoms with Crippen LogP contribution in [0.2, 0.25) is 0 Å². The number of pyridine rings is 1. The van der Waals surface area contributed by atoms with Gasteiger partial charge in [-0.15, -0.1) is 0 Å². The number of fused-ring (bicyclic) bond motifs is 2. The Bertz CT molecular complexity index is 1120. The number of nitrogens with one attached hydrogen (secondary N) is 3. The van der Waals surface area contributed by atoms with Gasteiger partial charge in [0.25, 0.3) is 0 Å². The third-order valence-corrected chi connectivity index (χ3v) is 5.29. The molecule has 1 fully saturated rings. The minimum Gasteiger partial charge on any atom is -0.337 e. The molecule has 7 heteroatoms. The number of piperidine rings is 1. The van der Waals surface area contributed by atoms with Crippen LogP contribution in [0, 0.1) is 12.7 Å². The fourth-order valence-electron chi connectivity index (χ4n) is 3.93. The molecule has 6 nitrogen and oxygen atoms in total. The smallest absolute Gasteiger partial charge is 0.173 e. The van der Waals surface area contributed by atoms with E-state index in [1.165, 1.54) is 11.6 Å². The van der Waals surface area contributed by atoms with E-state index in [9.17, 15) is 4.39 Å². The zero-order valence-corrected chi connectivity index (χ0v) is 15.1. The molecule has 0 bridgehead atoms. The highest BCUT2D eigenvalue weighted by molar-refractivity contribution is 5.91.